The molecule has 1 saturated carbocycles. The normalized spacial score (nSPS) is 14.2. The van der Waals surface area contributed by atoms with E-state index in [0.717, 1.165) is 18.4 Å². The van der Waals surface area contributed by atoms with Crippen LogP contribution >= 0.6 is 11.8 Å². The van der Waals surface area contributed by atoms with Crippen LogP contribution in [-0.2, 0) is 16.6 Å². The monoisotopic (exact) mass is 390 g/mol. The van der Waals surface area contributed by atoms with Crippen LogP contribution in [0.3, 0.4) is 0 Å². The van der Waals surface area contributed by atoms with Crippen LogP contribution in [0, 0.1) is 0 Å². The first-order chi connectivity index (χ1) is 12.4. The van der Waals surface area contributed by atoms with Crippen molar-refractivity contribution in [3.8, 4) is 0 Å². The van der Waals surface area contributed by atoms with Crippen molar-refractivity contribution in [2.24, 2.45) is 0 Å². The van der Waals surface area contributed by atoms with E-state index in [1.807, 2.05) is 30.5 Å². The topological polar surface area (TPSA) is 66.5 Å². The minimum atomic E-state index is -3.49. The minimum absolute atomic E-state index is 0.0601. The predicted molar refractivity (Wildman–Crippen MR) is 104 cm³/mol. The molecule has 0 radical (unpaired) electrons. The van der Waals surface area contributed by atoms with Crippen molar-refractivity contribution in [1.82, 2.24) is 9.62 Å². The van der Waals surface area contributed by atoms with Crippen LogP contribution in [0.25, 0.3) is 0 Å². The van der Waals surface area contributed by atoms with Crippen LogP contribution in [0.4, 0.5) is 0 Å². The summed E-state index contributed by atoms with van der Waals surface area (Å²) in [5.41, 5.74) is 1.52. The standard InChI is InChI=1S/C19H22N2O3S2/c1-21(13-14-3-9-17(25-2)10-4-14)19(22)15-5-11-18(12-6-15)26(23,24)20-16-7-8-16/h3-6,9-12,16,20H,7-8,13H2,1-2H3. The summed E-state index contributed by atoms with van der Waals surface area (Å²) < 4.78 is 27.0. The number of hydrogen-bond acceptors (Lipinski definition) is 4. The van der Waals surface area contributed by atoms with Crippen molar-refractivity contribution in [3.63, 3.8) is 0 Å². The van der Waals surface area contributed by atoms with Gasteiger partial charge in [-0.3, -0.25) is 4.79 Å². The third-order valence-electron chi connectivity index (χ3n) is 4.24. The van der Waals surface area contributed by atoms with Gasteiger partial charge in [0.25, 0.3) is 5.91 Å². The zero-order valence-corrected chi connectivity index (χ0v) is 16.4. The molecule has 0 spiro atoms. The first-order valence-electron chi connectivity index (χ1n) is 8.40. The molecule has 2 aromatic carbocycles. The molecule has 1 fully saturated rings. The first kappa shape index (κ1) is 18.9. The molecule has 26 heavy (non-hydrogen) atoms. The summed E-state index contributed by atoms with van der Waals surface area (Å²) in [4.78, 5) is 15.6. The average molecular weight is 391 g/mol. The Bertz CT molecular complexity index is 874. The molecule has 0 heterocycles. The molecule has 1 aliphatic carbocycles. The Balaban J connectivity index is 1.66. The Morgan fingerprint density at radius 3 is 2.27 bits per heavy atom. The van der Waals surface area contributed by atoms with Gasteiger partial charge in [-0.15, -0.1) is 11.8 Å². The average Bonchev–Trinajstić information content (AvgIpc) is 3.45. The smallest absolute Gasteiger partial charge is 0.253 e. The van der Waals surface area contributed by atoms with Crippen molar-refractivity contribution in [3.05, 3.63) is 59.7 Å². The molecule has 1 aliphatic rings. The molecule has 0 aliphatic heterocycles. The van der Waals surface area contributed by atoms with Crippen LogP contribution in [0.2, 0.25) is 0 Å². The Labute approximate surface area is 158 Å². The lowest BCUT2D eigenvalue weighted by atomic mass is 10.1. The fourth-order valence-corrected chi connectivity index (χ4v) is 4.28. The second-order valence-corrected chi connectivity index (χ2v) is 9.02. The van der Waals surface area contributed by atoms with Crippen molar-refractivity contribution in [2.75, 3.05) is 13.3 Å². The molecule has 2 aromatic rings. The quantitative estimate of drug-likeness (QED) is 0.738. The lowest BCUT2D eigenvalue weighted by Gasteiger charge is -2.18. The van der Waals surface area contributed by atoms with Crippen LogP contribution in [0.15, 0.2) is 58.3 Å². The SMILES string of the molecule is CSc1ccc(CN(C)C(=O)c2ccc(S(=O)(=O)NC3CC3)cc2)cc1. The van der Waals surface area contributed by atoms with Crippen LogP contribution in [-0.4, -0.2) is 38.6 Å². The van der Waals surface area contributed by atoms with E-state index in [9.17, 15) is 13.2 Å². The van der Waals surface area contributed by atoms with E-state index >= 15 is 0 Å². The molecule has 0 aromatic heterocycles. The van der Waals surface area contributed by atoms with Gasteiger partial charge >= 0.3 is 0 Å². The van der Waals surface area contributed by atoms with Crippen LogP contribution in [0.5, 0.6) is 0 Å². The van der Waals surface area contributed by atoms with Gasteiger partial charge in [0.1, 0.15) is 0 Å². The summed E-state index contributed by atoms with van der Waals surface area (Å²) in [5, 5.41) is 0. The first-order valence-corrected chi connectivity index (χ1v) is 11.1. The molecule has 0 saturated heterocycles. The fraction of sp³-hybridized carbons (Fsp3) is 0.316. The molecule has 5 nitrogen and oxygen atoms in total. The van der Waals surface area contributed by atoms with Gasteiger partial charge in [-0.05, 0) is 61.1 Å². The Morgan fingerprint density at radius 2 is 1.73 bits per heavy atom. The third-order valence-corrected chi connectivity index (χ3v) is 6.52. The van der Waals surface area contributed by atoms with Gasteiger partial charge in [0.05, 0.1) is 4.90 Å². The molecule has 0 bridgehead atoms. The summed E-state index contributed by atoms with van der Waals surface area (Å²) in [5.74, 6) is -0.141. The van der Waals surface area contributed by atoms with E-state index in [-0.39, 0.29) is 16.8 Å². The molecule has 138 valence electrons. The highest BCUT2D eigenvalue weighted by atomic mass is 32.2. The van der Waals surface area contributed by atoms with Crippen LogP contribution in [0.1, 0.15) is 28.8 Å². The highest BCUT2D eigenvalue weighted by Gasteiger charge is 2.28. The van der Waals surface area contributed by atoms with E-state index in [2.05, 4.69) is 4.72 Å². The number of nitrogens with one attached hydrogen (secondary N) is 1. The summed E-state index contributed by atoms with van der Waals surface area (Å²) in [6, 6.07) is 14.2. The lowest BCUT2D eigenvalue weighted by Crippen LogP contribution is -2.27. The summed E-state index contributed by atoms with van der Waals surface area (Å²) in [6.45, 7) is 0.497. The number of sulfonamides is 1. The number of amides is 1. The molecule has 7 heteroatoms. The van der Waals surface area contributed by atoms with Crippen molar-refractivity contribution >= 4 is 27.7 Å². The van der Waals surface area contributed by atoms with E-state index < -0.39 is 10.0 Å². The number of benzene rings is 2. The summed E-state index contributed by atoms with van der Waals surface area (Å²) in [7, 11) is -1.75. The number of thioether (sulfide) groups is 1. The highest BCUT2D eigenvalue weighted by molar-refractivity contribution is 7.98. The Hall–Kier alpha value is -1.83. The largest absolute Gasteiger partial charge is 0.337 e. The van der Waals surface area contributed by atoms with Gasteiger partial charge in [-0.1, -0.05) is 12.1 Å². The zero-order valence-electron chi connectivity index (χ0n) is 14.8. The maximum Gasteiger partial charge on any atom is 0.253 e. The van der Waals surface area contributed by atoms with E-state index in [1.54, 1.807) is 35.8 Å². The van der Waals surface area contributed by atoms with Gasteiger partial charge in [-0.2, -0.15) is 0 Å². The molecule has 3 rings (SSSR count). The minimum Gasteiger partial charge on any atom is -0.337 e. The number of carbonyl (C=O) groups excluding carboxylic acids is 1. The number of rotatable bonds is 7. The molecule has 0 atom stereocenters. The molecule has 1 N–H and O–H groups in total. The Kier molecular flexibility index (Phi) is 5.70. The van der Waals surface area contributed by atoms with Gasteiger partial charge in [-0.25, -0.2) is 13.1 Å². The maximum atomic E-state index is 12.6. The van der Waals surface area contributed by atoms with Gasteiger partial charge in [0, 0.05) is 30.1 Å². The zero-order chi connectivity index (χ0) is 18.7. The molecule has 1 amide bonds. The molecular formula is C19H22N2O3S2. The van der Waals surface area contributed by atoms with E-state index in [1.165, 1.54) is 17.0 Å². The number of hydrogen-bond donors (Lipinski definition) is 1. The van der Waals surface area contributed by atoms with E-state index in [0.29, 0.717) is 12.1 Å². The fourth-order valence-electron chi connectivity index (χ4n) is 2.56. The molecule has 0 unspecified atom stereocenters. The van der Waals surface area contributed by atoms with Gasteiger partial charge < -0.3 is 4.90 Å². The second-order valence-electron chi connectivity index (χ2n) is 6.43. The molecular weight excluding hydrogens is 368 g/mol. The van der Waals surface area contributed by atoms with Gasteiger partial charge in [0.2, 0.25) is 10.0 Å². The summed E-state index contributed by atoms with van der Waals surface area (Å²) >= 11 is 1.68. The van der Waals surface area contributed by atoms with Gasteiger partial charge in [0.15, 0.2) is 0 Å². The van der Waals surface area contributed by atoms with Crippen molar-refractivity contribution in [1.29, 1.82) is 0 Å². The predicted octanol–water partition coefficient (Wildman–Crippen LogP) is 3.12. The second kappa shape index (κ2) is 7.82. The third kappa shape index (κ3) is 4.66. The van der Waals surface area contributed by atoms with Crippen molar-refractivity contribution in [2.45, 2.75) is 35.2 Å². The Morgan fingerprint density at radius 1 is 1.12 bits per heavy atom. The van der Waals surface area contributed by atoms with Crippen molar-refractivity contribution < 1.29 is 13.2 Å². The number of carbonyl (C=O) groups is 1. The van der Waals surface area contributed by atoms with E-state index in [4.69, 9.17) is 0 Å². The lowest BCUT2D eigenvalue weighted by molar-refractivity contribution is 0.0785. The highest BCUT2D eigenvalue weighted by Crippen LogP contribution is 2.22. The number of nitrogens with zero attached hydrogens (tertiary/aromatic N) is 1. The summed E-state index contributed by atoms with van der Waals surface area (Å²) in [6.07, 6.45) is 3.80. The van der Waals surface area contributed by atoms with Crippen LogP contribution < -0.4 is 4.72 Å². The maximum absolute atomic E-state index is 12.6.